The molecule has 2 atom stereocenters. The molecule has 7 heteroatoms. The summed E-state index contributed by atoms with van der Waals surface area (Å²) in [6.07, 6.45) is 3.52. The number of carbonyl (C=O) groups is 1. The molecule has 0 radical (unpaired) electrons. The van der Waals surface area contributed by atoms with Crippen LogP contribution in [0.1, 0.15) is 53.1 Å². The van der Waals surface area contributed by atoms with E-state index in [-0.39, 0.29) is 17.8 Å². The number of aromatic nitrogens is 2. The smallest absolute Gasteiger partial charge is 0.274 e. The molecule has 0 spiro atoms. The van der Waals surface area contributed by atoms with Crippen LogP contribution in [0.3, 0.4) is 0 Å². The Bertz CT molecular complexity index is 1330. The van der Waals surface area contributed by atoms with Gasteiger partial charge in [0.1, 0.15) is 17.0 Å². The average molecular weight is 478 g/mol. The number of likely N-dealkylation sites (tertiary alicyclic amines) is 1. The maximum atomic E-state index is 13.8. The van der Waals surface area contributed by atoms with Crippen LogP contribution in [-0.2, 0) is 6.42 Å². The van der Waals surface area contributed by atoms with Gasteiger partial charge in [-0.2, -0.15) is 0 Å². The number of fused-ring (bicyclic) bond motifs is 1. The van der Waals surface area contributed by atoms with Crippen LogP contribution in [0.4, 0.5) is 4.39 Å². The van der Waals surface area contributed by atoms with E-state index in [1.807, 2.05) is 36.9 Å². The van der Waals surface area contributed by atoms with Gasteiger partial charge in [-0.25, -0.2) is 14.4 Å². The maximum absolute atomic E-state index is 13.8. The maximum Gasteiger partial charge on any atom is 0.274 e. The van der Waals surface area contributed by atoms with Crippen molar-refractivity contribution in [1.29, 1.82) is 0 Å². The molecule has 1 aliphatic rings. The van der Waals surface area contributed by atoms with Gasteiger partial charge < -0.3 is 9.32 Å². The Labute approximate surface area is 202 Å². The van der Waals surface area contributed by atoms with Crippen LogP contribution in [0.25, 0.3) is 21.5 Å². The highest BCUT2D eigenvalue weighted by molar-refractivity contribution is 7.15. The van der Waals surface area contributed by atoms with E-state index in [0.717, 1.165) is 51.4 Å². The Hall–Kier alpha value is -3.06. The van der Waals surface area contributed by atoms with Gasteiger partial charge in [-0.15, -0.1) is 11.3 Å². The standard InChI is InChI=1S/C27H28FN3O2S/c1-16-6-12-23-21(15-16)30-24(33-23)13-11-22-17(2)5-4-14-31(22)27(32)25-26(34-18(3)29-25)19-7-9-20(28)10-8-19/h6-10,12,15,17,22H,4-5,11,13-14H2,1-3H3/t17-,22-/m1/s1. The van der Waals surface area contributed by atoms with Crippen LogP contribution in [0.2, 0.25) is 0 Å². The molecule has 4 aromatic rings. The number of hydrogen-bond donors (Lipinski definition) is 0. The molecule has 2 aromatic carbocycles. The number of thiazole rings is 1. The Balaban J connectivity index is 1.39. The number of benzene rings is 2. The molecule has 5 nitrogen and oxygen atoms in total. The summed E-state index contributed by atoms with van der Waals surface area (Å²) in [6, 6.07) is 12.4. The first-order valence-electron chi connectivity index (χ1n) is 11.8. The second kappa shape index (κ2) is 9.29. The second-order valence-electron chi connectivity index (χ2n) is 9.22. The van der Waals surface area contributed by atoms with Crippen molar-refractivity contribution >= 4 is 28.3 Å². The van der Waals surface area contributed by atoms with Crippen molar-refractivity contribution in [2.24, 2.45) is 5.92 Å². The molecule has 0 aliphatic carbocycles. The van der Waals surface area contributed by atoms with Gasteiger partial charge >= 0.3 is 0 Å². The zero-order valence-corrected chi connectivity index (χ0v) is 20.5. The van der Waals surface area contributed by atoms with E-state index in [1.165, 1.54) is 23.5 Å². The van der Waals surface area contributed by atoms with Gasteiger partial charge in [0.05, 0.1) is 9.88 Å². The molecule has 1 saturated heterocycles. The van der Waals surface area contributed by atoms with Crippen molar-refractivity contribution < 1.29 is 13.6 Å². The van der Waals surface area contributed by atoms with Crippen LogP contribution >= 0.6 is 11.3 Å². The first-order chi connectivity index (χ1) is 16.4. The van der Waals surface area contributed by atoms with Crippen molar-refractivity contribution in [3.05, 3.63) is 70.4 Å². The lowest BCUT2D eigenvalue weighted by molar-refractivity contribution is 0.0491. The summed E-state index contributed by atoms with van der Waals surface area (Å²) in [5.41, 5.74) is 4.11. The quantitative estimate of drug-likeness (QED) is 0.326. The molecule has 0 saturated carbocycles. The van der Waals surface area contributed by atoms with Crippen LogP contribution < -0.4 is 0 Å². The summed E-state index contributed by atoms with van der Waals surface area (Å²) in [6.45, 7) is 6.87. The zero-order valence-electron chi connectivity index (χ0n) is 19.7. The predicted molar refractivity (Wildman–Crippen MR) is 133 cm³/mol. The average Bonchev–Trinajstić information content (AvgIpc) is 3.40. The monoisotopic (exact) mass is 477 g/mol. The lowest BCUT2D eigenvalue weighted by Gasteiger charge is -2.40. The third-order valence-corrected chi connectivity index (χ3v) is 7.68. The molecule has 1 fully saturated rings. The minimum Gasteiger partial charge on any atom is -0.441 e. The number of nitrogens with zero attached hydrogens (tertiary/aromatic N) is 3. The fourth-order valence-corrected chi connectivity index (χ4v) is 5.83. The molecule has 3 heterocycles. The SMILES string of the molecule is Cc1ccc2oc(CC[C@@H]3[C@H](C)CCCN3C(=O)c3nc(C)sc3-c3ccc(F)cc3)nc2c1. The largest absolute Gasteiger partial charge is 0.441 e. The highest BCUT2D eigenvalue weighted by Gasteiger charge is 2.34. The molecule has 1 amide bonds. The Kier molecular flexibility index (Phi) is 6.21. The lowest BCUT2D eigenvalue weighted by atomic mass is 9.87. The molecule has 5 rings (SSSR count). The number of aryl methyl sites for hydroxylation is 3. The Morgan fingerprint density at radius 3 is 2.76 bits per heavy atom. The van der Waals surface area contributed by atoms with Gasteiger partial charge in [0.2, 0.25) is 0 Å². The van der Waals surface area contributed by atoms with E-state index < -0.39 is 0 Å². The van der Waals surface area contributed by atoms with Crippen LogP contribution in [0, 0.1) is 25.6 Å². The summed E-state index contributed by atoms with van der Waals surface area (Å²) in [5, 5.41) is 0.825. The lowest BCUT2D eigenvalue weighted by Crippen LogP contribution is -2.48. The van der Waals surface area contributed by atoms with E-state index in [9.17, 15) is 9.18 Å². The Morgan fingerprint density at radius 1 is 1.18 bits per heavy atom. The minimum absolute atomic E-state index is 0.0478. The molecule has 2 aromatic heterocycles. The topological polar surface area (TPSA) is 59.2 Å². The van der Waals surface area contributed by atoms with E-state index in [2.05, 4.69) is 16.9 Å². The van der Waals surface area contributed by atoms with Gasteiger partial charge in [-0.1, -0.05) is 25.1 Å². The Morgan fingerprint density at radius 2 is 1.97 bits per heavy atom. The van der Waals surface area contributed by atoms with Gasteiger partial charge in [0, 0.05) is 19.0 Å². The number of carbonyl (C=O) groups excluding carboxylic acids is 1. The molecule has 0 N–H and O–H groups in total. The van der Waals surface area contributed by atoms with Crippen LogP contribution in [-0.4, -0.2) is 33.4 Å². The van der Waals surface area contributed by atoms with Crippen molar-refractivity contribution in [1.82, 2.24) is 14.9 Å². The number of rotatable bonds is 5. The molecule has 1 aliphatic heterocycles. The molecule has 0 bridgehead atoms. The summed E-state index contributed by atoms with van der Waals surface area (Å²) < 4.78 is 19.4. The summed E-state index contributed by atoms with van der Waals surface area (Å²) in [4.78, 5) is 25.8. The highest BCUT2D eigenvalue weighted by Crippen LogP contribution is 2.34. The van der Waals surface area contributed by atoms with E-state index >= 15 is 0 Å². The summed E-state index contributed by atoms with van der Waals surface area (Å²) in [5.74, 6) is 0.742. The third-order valence-electron chi connectivity index (χ3n) is 6.66. The summed E-state index contributed by atoms with van der Waals surface area (Å²) in [7, 11) is 0. The minimum atomic E-state index is -0.294. The van der Waals surface area contributed by atoms with Gasteiger partial charge in [0.25, 0.3) is 5.91 Å². The number of piperidine rings is 1. The summed E-state index contributed by atoms with van der Waals surface area (Å²) >= 11 is 1.48. The second-order valence-corrected chi connectivity index (χ2v) is 10.4. The van der Waals surface area contributed by atoms with Crippen LogP contribution in [0.5, 0.6) is 0 Å². The van der Waals surface area contributed by atoms with Crippen molar-refractivity contribution in [3.8, 4) is 10.4 Å². The molecule has 176 valence electrons. The number of amides is 1. The molecule has 0 unspecified atom stereocenters. The van der Waals surface area contributed by atoms with Gasteiger partial charge in [-0.3, -0.25) is 4.79 Å². The van der Waals surface area contributed by atoms with E-state index in [1.54, 1.807) is 12.1 Å². The third kappa shape index (κ3) is 4.49. The number of halogens is 1. The predicted octanol–water partition coefficient (Wildman–Crippen LogP) is 6.58. The first-order valence-corrected chi connectivity index (χ1v) is 12.6. The van der Waals surface area contributed by atoms with Gasteiger partial charge in [0.15, 0.2) is 11.5 Å². The normalized spacial score (nSPS) is 18.5. The fourth-order valence-electron chi connectivity index (χ4n) is 4.91. The van der Waals surface area contributed by atoms with Crippen LogP contribution in [0.15, 0.2) is 46.9 Å². The van der Waals surface area contributed by atoms with E-state index in [0.29, 0.717) is 30.5 Å². The zero-order chi connectivity index (χ0) is 23.8. The van der Waals surface area contributed by atoms with Gasteiger partial charge in [-0.05, 0) is 74.4 Å². The first kappa shape index (κ1) is 22.7. The molecular weight excluding hydrogens is 449 g/mol. The van der Waals surface area contributed by atoms with Crippen molar-refractivity contribution in [2.45, 2.75) is 52.5 Å². The number of hydrogen-bond acceptors (Lipinski definition) is 5. The highest BCUT2D eigenvalue weighted by atomic mass is 32.1. The number of oxazole rings is 1. The van der Waals surface area contributed by atoms with E-state index in [4.69, 9.17) is 4.42 Å². The molecular formula is C27H28FN3O2S. The van der Waals surface area contributed by atoms with Crippen molar-refractivity contribution in [3.63, 3.8) is 0 Å². The molecule has 34 heavy (non-hydrogen) atoms. The fraction of sp³-hybridized carbons (Fsp3) is 0.370. The van der Waals surface area contributed by atoms with Crippen molar-refractivity contribution in [2.75, 3.05) is 6.54 Å².